The van der Waals surface area contributed by atoms with Gasteiger partial charge in [0.2, 0.25) is 10.0 Å². The van der Waals surface area contributed by atoms with E-state index in [1.165, 1.54) is 25.3 Å². The number of carbonyl (C=O) groups is 1. The van der Waals surface area contributed by atoms with E-state index in [4.69, 9.17) is 44.3 Å². The lowest BCUT2D eigenvalue weighted by molar-refractivity contribution is -0.118. The molecule has 1 amide bonds. The molecule has 0 saturated carbocycles. The van der Waals surface area contributed by atoms with Gasteiger partial charge in [-0.05, 0) is 30.3 Å². The summed E-state index contributed by atoms with van der Waals surface area (Å²) in [5.41, 5.74) is 0.345. The fourth-order valence-corrected chi connectivity index (χ4v) is 3.74. The van der Waals surface area contributed by atoms with Gasteiger partial charge in [0.1, 0.15) is 5.75 Å². The lowest BCUT2D eigenvalue weighted by atomic mass is 10.3. The van der Waals surface area contributed by atoms with Crippen LogP contribution in [0.3, 0.4) is 0 Å². The zero-order valence-electron chi connectivity index (χ0n) is 14.7. The standard InChI is InChI=1S/C17H17Cl3N2O5S/c1-26-8-7-21-28(24,25)11-5-6-15(13(19)9-11)27-10-16(23)22-14-4-2-3-12(18)17(14)20/h2-6,9,21H,7-8,10H2,1H3,(H,22,23). The molecule has 0 aromatic heterocycles. The minimum absolute atomic E-state index is 0.0314. The Bertz CT molecular complexity index is 954. The van der Waals surface area contributed by atoms with Crippen LogP contribution in [0, 0.1) is 0 Å². The zero-order valence-corrected chi connectivity index (χ0v) is 17.8. The van der Waals surface area contributed by atoms with Crippen LogP contribution in [0.4, 0.5) is 5.69 Å². The Labute approximate surface area is 177 Å². The summed E-state index contributed by atoms with van der Waals surface area (Å²) in [7, 11) is -2.26. The Morgan fingerprint density at radius 3 is 2.54 bits per heavy atom. The van der Waals surface area contributed by atoms with Gasteiger partial charge in [0.05, 0.1) is 32.3 Å². The third-order valence-electron chi connectivity index (χ3n) is 3.40. The van der Waals surface area contributed by atoms with Crippen molar-refractivity contribution in [1.29, 1.82) is 0 Å². The maximum Gasteiger partial charge on any atom is 0.262 e. The smallest absolute Gasteiger partial charge is 0.262 e. The molecule has 0 aliphatic carbocycles. The lowest BCUT2D eigenvalue weighted by Crippen LogP contribution is -2.27. The Kier molecular flexibility index (Phi) is 8.36. The molecule has 0 atom stereocenters. The van der Waals surface area contributed by atoms with Gasteiger partial charge in [-0.1, -0.05) is 40.9 Å². The number of nitrogens with one attached hydrogen (secondary N) is 2. The first kappa shape index (κ1) is 22.7. The summed E-state index contributed by atoms with van der Waals surface area (Å²) < 4.78 is 36.8. The third kappa shape index (κ3) is 6.23. The van der Waals surface area contributed by atoms with Crippen LogP contribution in [0.5, 0.6) is 5.75 Å². The minimum Gasteiger partial charge on any atom is -0.482 e. The van der Waals surface area contributed by atoms with E-state index in [-0.39, 0.29) is 40.4 Å². The van der Waals surface area contributed by atoms with Crippen LogP contribution in [-0.4, -0.2) is 41.2 Å². The number of rotatable bonds is 9. The Morgan fingerprint density at radius 1 is 1.11 bits per heavy atom. The van der Waals surface area contributed by atoms with Crippen molar-refractivity contribution in [3.8, 4) is 5.75 Å². The van der Waals surface area contributed by atoms with E-state index in [1.54, 1.807) is 18.2 Å². The van der Waals surface area contributed by atoms with Gasteiger partial charge in [-0.25, -0.2) is 13.1 Å². The van der Waals surface area contributed by atoms with Crippen LogP contribution in [0.25, 0.3) is 0 Å². The fourth-order valence-electron chi connectivity index (χ4n) is 2.06. The van der Waals surface area contributed by atoms with Gasteiger partial charge in [-0.2, -0.15) is 0 Å². The average Bonchev–Trinajstić information content (AvgIpc) is 2.64. The van der Waals surface area contributed by atoms with Crippen LogP contribution in [0.2, 0.25) is 15.1 Å². The number of hydrogen-bond acceptors (Lipinski definition) is 5. The number of halogens is 3. The van der Waals surface area contributed by atoms with Crippen molar-refractivity contribution in [3.63, 3.8) is 0 Å². The number of carbonyl (C=O) groups excluding carboxylic acids is 1. The summed E-state index contributed by atoms with van der Waals surface area (Å²) >= 11 is 18.0. The zero-order chi connectivity index (χ0) is 20.7. The summed E-state index contributed by atoms with van der Waals surface area (Å²) in [5, 5.41) is 3.13. The lowest BCUT2D eigenvalue weighted by Gasteiger charge is -2.12. The van der Waals surface area contributed by atoms with Gasteiger partial charge >= 0.3 is 0 Å². The molecule has 7 nitrogen and oxygen atoms in total. The highest BCUT2D eigenvalue weighted by molar-refractivity contribution is 7.89. The molecule has 0 fully saturated rings. The van der Waals surface area contributed by atoms with E-state index in [0.717, 1.165) is 0 Å². The first-order valence-electron chi connectivity index (χ1n) is 7.89. The molecule has 28 heavy (non-hydrogen) atoms. The van der Waals surface area contributed by atoms with E-state index < -0.39 is 15.9 Å². The Morgan fingerprint density at radius 2 is 1.86 bits per heavy atom. The highest BCUT2D eigenvalue weighted by Crippen LogP contribution is 2.30. The van der Waals surface area contributed by atoms with Gasteiger partial charge in [-0.3, -0.25) is 4.79 Å². The van der Waals surface area contributed by atoms with Crippen molar-refractivity contribution in [2.75, 3.05) is 32.2 Å². The Balaban J connectivity index is 1.99. The van der Waals surface area contributed by atoms with Crippen molar-refractivity contribution in [2.45, 2.75) is 4.90 Å². The molecule has 0 unspecified atom stereocenters. The summed E-state index contributed by atoms with van der Waals surface area (Å²) in [4.78, 5) is 12.0. The number of hydrogen-bond donors (Lipinski definition) is 2. The van der Waals surface area contributed by atoms with E-state index in [2.05, 4.69) is 10.0 Å². The summed E-state index contributed by atoms with van der Waals surface area (Å²) in [6.07, 6.45) is 0. The third-order valence-corrected chi connectivity index (χ3v) is 5.97. The van der Waals surface area contributed by atoms with Crippen LogP contribution in [0.15, 0.2) is 41.3 Å². The largest absolute Gasteiger partial charge is 0.482 e. The van der Waals surface area contributed by atoms with Crippen molar-refractivity contribution in [3.05, 3.63) is 51.5 Å². The second-order valence-electron chi connectivity index (χ2n) is 5.42. The van der Waals surface area contributed by atoms with Gasteiger partial charge in [0.15, 0.2) is 6.61 Å². The number of benzene rings is 2. The average molecular weight is 468 g/mol. The molecule has 0 bridgehead atoms. The predicted molar refractivity (Wildman–Crippen MR) is 109 cm³/mol. The SMILES string of the molecule is COCCNS(=O)(=O)c1ccc(OCC(=O)Nc2cccc(Cl)c2Cl)c(Cl)c1. The van der Waals surface area contributed by atoms with Gasteiger partial charge in [0, 0.05) is 13.7 Å². The molecule has 0 heterocycles. The first-order valence-corrected chi connectivity index (χ1v) is 10.5. The Hall–Kier alpha value is -1.55. The molecular weight excluding hydrogens is 451 g/mol. The monoisotopic (exact) mass is 466 g/mol. The first-order chi connectivity index (χ1) is 13.2. The quantitative estimate of drug-likeness (QED) is 0.550. The number of methoxy groups -OCH3 is 1. The van der Waals surface area contributed by atoms with Crippen molar-refractivity contribution < 1.29 is 22.7 Å². The van der Waals surface area contributed by atoms with Gasteiger partial charge in [0.25, 0.3) is 5.91 Å². The second kappa shape index (κ2) is 10.3. The van der Waals surface area contributed by atoms with E-state index in [9.17, 15) is 13.2 Å². The molecular formula is C17H17Cl3N2O5S. The van der Waals surface area contributed by atoms with E-state index in [1.807, 2.05) is 0 Å². The molecule has 2 aromatic carbocycles. The summed E-state index contributed by atoms with van der Waals surface area (Å²) in [6.45, 7) is 0.00158. The highest BCUT2D eigenvalue weighted by atomic mass is 35.5. The molecule has 0 spiro atoms. The van der Waals surface area contributed by atoms with Crippen molar-refractivity contribution in [2.24, 2.45) is 0 Å². The molecule has 0 aliphatic rings. The molecule has 152 valence electrons. The normalized spacial score (nSPS) is 11.3. The maximum atomic E-state index is 12.1. The van der Waals surface area contributed by atoms with Crippen LogP contribution >= 0.6 is 34.8 Å². The summed E-state index contributed by atoms with van der Waals surface area (Å²) in [5.74, 6) is -0.331. The van der Waals surface area contributed by atoms with E-state index >= 15 is 0 Å². The van der Waals surface area contributed by atoms with Crippen molar-refractivity contribution >= 4 is 56.4 Å². The second-order valence-corrected chi connectivity index (χ2v) is 8.38. The highest BCUT2D eigenvalue weighted by Gasteiger charge is 2.16. The number of sulfonamides is 1. The fraction of sp³-hybridized carbons (Fsp3) is 0.235. The molecule has 2 rings (SSSR count). The molecule has 2 N–H and O–H groups in total. The van der Waals surface area contributed by atoms with Crippen molar-refractivity contribution in [1.82, 2.24) is 4.72 Å². The van der Waals surface area contributed by atoms with E-state index in [0.29, 0.717) is 10.7 Å². The van der Waals surface area contributed by atoms with Gasteiger partial charge < -0.3 is 14.8 Å². The number of amides is 1. The van der Waals surface area contributed by atoms with Gasteiger partial charge in [-0.15, -0.1) is 0 Å². The van der Waals surface area contributed by atoms with Crippen LogP contribution in [0.1, 0.15) is 0 Å². The predicted octanol–water partition coefficient (Wildman–Crippen LogP) is 3.59. The maximum absolute atomic E-state index is 12.1. The number of ether oxygens (including phenoxy) is 2. The topological polar surface area (TPSA) is 93.7 Å². The number of anilines is 1. The molecule has 0 aliphatic heterocycles. The minimum atomic E-state index is -3.73. The molecule has 0 radical (unpaired) electrons. The molecule has 0 saturated heterocycles. The molecule has 11 heteroatoms. The summed E-state index contributed by atoms with van der Waals surface area (Å²) in [6, 6.07) is 8.75. The molecule has 2 aromatic rings. The van der Waals surface area contributed by atoms with Crippen LogP contribution in [-0.2, 0) is 19.6 Å². The van der Waals surface area contributed by atoms with Crippen LogP contribution < -0.4 is 14.8 Å².